The van der Waals surface area contributed by atoms with Crippen molar-refractivity contribution in [2.24, 2.45) is 0 Å². The van der Waals surface area contributed by atoms with Gasteiger partial charge in [0.25, 0.3) is 5.91 Å². The summed E-state index contributed by atoms with van der Waals surface area (Å²) in [6, 6.07) is 25.7. The first-order valence-electron chi connectivity index (χ1n) is 9.79. The summed E-state index contributed by atoms with van der Waals surface area (Å²) in [4.78, 5) is 15.7. The van der Waals surface area contributed by atoms with Gasteiger partial charge in [-0.15, -0.1) is 0 Å². The molecule has 4 aromatic rings. The summed E-state index contributed by atoms with van der Waals surface area (Å²) in [6.07, 6.45) is 0. The van der Waals surface area contributed by atoms with E-state index in [1.807, 2.05) is 90.7 Å². The van der Waals surface area contributed by atoms with Crippen molar-refractivity contribution in [2.45, 2.75) is 26.9 Å². The molecule has 4 heteroatoms. The molecule has 1 amide bonds. The molecule has 0 aliphatic rings. The summed E-state index contributed by atoms with van der Waals surface area (Å²) in [5.41, 5.74) is 4.68. The fourth-order valence-electron chi connectivity index (χ4n) is 3.88. The van der Waals surface area contributed by atoms with E-state index in [1.165, 1.54) is 0 Å². The molecule has 0 atom stereocenters. The predicted molar refractivity (Wildman–Crippen MR) is 121 cm³/mol. The summed E-state index contributed by atoms with van der Waals surface area (Å²) >= 11 is 6.24. The van der Waals surface area contributed by atoms with Gasteiger partial charge in [-0.25, -0.2) is 0 Å². The van der Waals surface area contributed by atoms with E-state index in [9.17, 15) is 4.79 Å². The molecule has 4 rings (SSSR count). The number of aryl methyl sites for hydroxylation is 2. The normalized spacial score (nSPS) is 11.0. The Morgan fingerprint density at radius 1 is 0.966 bits per heavy atom. The molecule has 0 aliphatic carbocycles. The van der Waals surface area contributed by atoms with Gasteiger partial charge in [-0.05, 0) is 55.3 Å². The van der Waals surface area contributed by atoms with Gasteiger partial charge in [0.15, 0.2) is 0 Å². The maximum atomic E-state index is 13.9. The van der Waals surface area contributed by atoms with Crippen LogP contribution in [0.3, 0.4) is 0 Å². The lowest BCUT2D eigenvalue weighted by Crippen LogP contribution is -2.32. The van der Waals surface area contributed by atoms with Crippen molar-refractivity contribution in [1.82, 2.24) is 4.57 Å². The standard InChI is InChI=1S/C25H23ClN2O/c1-3-27-23-15-14-20(26)16-22(23)18(2)24(27)25(29)28(21-12-8-5-9-13-21)17-19-10-6-4-7-11-19/h4-16H,3,17H2,1-2H3. The number of carbonyl (C=O) groups excluding carboxylic acids is 1. The van der Waals surface area contributed by atoms with Gasteiger partial charge in [-0.2, -0.15) is 0 Å². The van der Waals surface area contributed by atoms with Gasteiger partial charge in [-0.1, -0.05) is 60.1 Å². The zero-order chi connectivity index (χ0) is 20.4. The molecule has 3 nitrogen and oxygen atoms in total. The molecule has 0 unspecified atom stereocenters. The molecule has 0 fully saturated rings. The fourth-order valence-corrected chi connectivity index (χ4v) is 4.05. The molecule has 146 valence electrons. The first-order chi connectivity index (χ1) is 14.1. The van der Waals surface area contributed by atoms with E-state index in [-0.39, 0.29) is 5.91 Å². The van der Waals surface area contributed by atoms with Gasteiger partial charge in [0.1, 0.15) is 5.69 Å². The SMILES string of the molecule is CCn1c(C(=O)N(Cc2ccccc2)c2ccccc2)c(C)c2cc(Cl)ccc21. The summed E-state index contributed by atoms with van der Waals surface area (Å²) in [7, 11) is 0. The highest BCUT2D eigenvalue weighted by Gasteiger charge is 2.25. The Balaban J connectivity index is 1.85. The van der Waals surface area contributed by atoms with Crippen LogP contribution in [0.2, 0.25) is 5.02 Å². The lowest BCUT2D eigenvalue weighted by atomic mass is 10.1. The average molecular weight is 403 g/mol. The third kappa shape index (κ3) is 3.66. The van der Waals surface area contributed by atoms with Gasteiger partial charge in [0, 0.05) is 28.2 Å². The first kappa shape index (κ1) is 19.3. The molecule has 0 spiro atoms. The molecule has 0 aliphatic heterocycles. The van der Waals surface area contributed by atoms with E-state index in [0.717, 1.165) is 27.7 Å². The van der Waals surface area contributed by atoms with Gasteiger partial charge in [0.2, 0.25) is 0 Å². The minimum absolute atomic E-state index is 0.00766. The van der Waals surface area contributed by atoms with Crippen molar-refractivity contribution in [3.63, 3.8) is 0 Å². The number of anilines is 1. The second-order valence-corrected chi connectivity index (χ2v) is 7.53. The van der Waals surface area contributed by atoms with E-state index in [0.29, 0.717) is 23.8 Å². The topological polar surface area (TPSA) is 25.2 Å². The van der Waals surface area contributed by atoms with Crippen molar-refractivity contribution in [3.05, 3.63) is 101 Å². The van der Waals surface area contributed by atoms with E-state index in [2.05, 4.69) is 11.5 Å². The Hall–Kier alpha value is -3.04. The molecule has 29 heavy (non-hydrogen) atoms. The summed E-state index contributed by atoms with van der Waals surface area (Å²) in [6.45, 7) is 5.29. The van der Waals surface area contributed by atoms with Crippen molar-refractivity contribution in [2.75, 3.05) is 4.90 Å². The number of amides is 1. The lowest BCUT2D eigenvalue weighted by molar-refractivity contribution is 0.0976. The van der Waals surface area contributed by atoms with Gasteiger partial charge < -0.3 is 9.47 Å². The minimum atomic E-state index is -0.00766. The number of rotatable bonds is 5. The van der Waals surface area contributed by atoms with Crippen LogP contribution in [0.25, 0.3) is 10.9 Å². The largest absolute Gasteiger partial charge is 0.337 e. The number of fused-ring (bicyclic) bond motifs is 1. The predicted octanol–water partition coefficient (Wildman–Crippen LogP) is 6.47. The number of hydrogen-bond acceptors (Lipinski definition) is 1. The number of para-hydroxylation sites is 1. The van der Waals surface area contributed by atoms with Crippen molar-refractivity contribution in [1.29, 1.82) is 0 Å². The van der Waals surface area contributed by atoms with Crippen LogP contribution in [-0.4, -0.2) is 10.5 Å². The van der Waals surface area contributed by atoms with Crippen molar-refractivity contribution in [3.8, 4) is 0 Å². The smallest absolute Gasteiger partial charge is 0.275 e. The molecule has 1 aromatic heterocycles. The third-order valence-electron chi connectivity index (χ3n) is 5.29. The number of hydrogen-bond donors (Lipinski definition) is 0. The molecule has 0 saturated heterocycles. The van der Waals surface area contributed by atoms with Crippen molar-refractivity contribution < 1.29 is 4.79 Å². The van der Waals surface area contributed by atoms with Crippen LogP contribution in [-0.2, 0) is 13.1 Å². The molecule has 3 aromatic carbocycles. The van der Waals surface area contributed by atoms with Crippen LogP contribution < -0.4 is 4.90 Å². The van der Waals surface area contributed by atoms with Gasteiger partial charge in [-0.3, -0.25) is 4.79 Å². The molecule has 0 bridgehead atoms. The molecule has 0 saturated carbocycles. The van der Waals surface area contributed by atoms with E-state index in [4.69, 9.17) is 11.6 Å². The molecule has 0 radical (unpaired) electrons. The summed E-state index contributed by atoms with van der Waals surface area (Å²) in [5.74, 6) is -0.00766. The van der Waals surface area contributed by atoms with Gasteiger partial charge >= 0.3 is 0 Å². The fraction of sp³-hybridized carbons (Fsp3) is 0.160. The van der Waals surface area contributed by atoms with Gasteiger partial charge in [0.05, 0.1) is 6.54 Å². The quantitative estimate of drug-likeness (QED) is 0.375. The Labute approximate surface area is 176 Å². The minimum Gasteiger partial charge on any atom is -0.337 e. The Bertz CT molecular complexity index is 1150. The van der Waals surface area contributed by atoms with Crippen LogP contribution in [0.1, 0.15) is 28.5 Å². The summed E-state index contributed by atoms with van der Waals surface area (Å²) in [5, 5.41) is 1.70. The summed E-state index contributed by atoms with van der Waals surface area (Å²) < 4.78 is 2.09. The third-order valence-corrected chi connectivity index (χ3v) is 5.53. The Kier molecular flexibility index (Phi) is 5.41. The zero-order valence-electron chi connectivity index (χ0n) is 16.6. The number of carbonyl (C=O) groups is 1. The zero-order valence-corrected chi connectivity index (χ0v) is 17.4. The number of nitrogens with zero attached hydrogens (tertiary/aromatic N) is 2. The van der Waals surface area contributed by atoms with Crippen LogP contribution in [0.15, 0.2) is 78.9 Å². The molecule has 1 heterocycles. The average Bonchev–Trinajstić information content (AvgIpc) is 3.04. The van der Waals surface area contributed by atoms with Crippen LogP contribution in [0.5, 0.6) is 0 Å². The van der Waals surface area contributed by atoms with Crippen LogP contribution >= 0.6 is 11.6 Å². The Morgan fingerprint density at radius 2 is 1.62 bits per heavy atom. The highest BCUT2D eigenvalue weighted by atomic mass is 35.5. The highest BCUT2D eigenvalue weighted by molar-refractivity contribution is 6.31. The number of halogens is 1. The molecule has 0 N–H and O–H groups in total. The highest BCUT2D eigenvalue weighted by Crippen LogP contribution is 2.30. The Morgan fingerprint density at radius 3 is 2.28 bits per heavy atom. The first-order valence-corrected chi connectivity index (χ1v) is 10.2. The van der Waals surface area contributed by atoms with E-state index < -0.39 is 0 Å². The monoisotopic (exact) mass is 402 g/mol. The lowest BCUT2D eigenvalue weighted by Gasteiger charge is -2.24. The van der Waals surface area contributed by atoms with E-state index >= 15 is 0 Å². The molecular formula is C25H23ClN2O. The van der Waals surface area contributed by atoms with Crippen LogP contribution in [0.4, 0.5) is 5.69 Å². The molecular weight excluding hydrogens is 380 g/mol. The number of benzene rings is 3. The second-order valence-electron chi connectivity index (χ2n) is 7.09. The van der Waals surface area contributed by atoms with Crippen molar-refractivity contribution >= 4 is 34.1 Å². The second kappa shape index (κ2) is 8.14. The van der Waals surface area contributed by atoms with E-state index in [1.54, 1.807) is 0 Å². The maximum absolute atomic E-state index is 13.9. The van der Waals surface area contributed by atoms with Crippen LogP contribution in [0, 0.1) is 6.92 Å². The maximum Gasteiger partial charge on any atom is 0.275 e. The number of aromatic nitrogens is 1.